The predicted octanol–water partition coefficient (Wildman–Crippen LogP) is 2.74. The summed E-state index contributed by atoms with van der Waals surface area (Å²) >= 11 is 3.42. The molecule has 0 fully saturated rings. The molecule has 2 aromatic rings. The summed E-state index contributed by atoms with van der Waals surface area (Å²) in [5.41, 5.74) is 2.96. The molecule has 1 heterocycles. The molecule has 0 unspecified atom stereocenters. The lowest BCUT2D eigenvalue weighted by atomic mass is 10.2. The molecule has 0 amide bonds. The Balaban J connectivity index is 2.64. The van der Waals surface area contributed by atoms with Crippen LogP contribution >= 0.6 is 15.9 Å². The number of benzene rings is 1. The van der Waals surface area contributed by atoms with Gasteiger partial charge in [0, 0.05) is 17.6 Å². The summed E-state index contributed by atoms with van der Waals surface area (Å²) in [5.74, 6) is -0.349. The molecule has 1 aromatic carbocycles. The standard InChI is InChI=1S/C12H11BrN2O2/c1-7-5-8(13)6-9-12(7)15(2)10(14-9)3-4-11(16)17/h3-6H,1-2H3,(H,16,17)/b4-3+. The van der Waals surface area contributed by atoms with Crippen LogP contribution in [0.4, 0.5) is 0 Å². The number of aromatic nitrogens is 2. The molecule has 0 bridgehead atoms. The highest BCUT2D eigenvalue weighted by Gasteiger charge is 2.08. The Morgan fingerprint density at radius 1 is 1.53 bits per heavy atom. The third kappa shape index (κ3) is 2.24. The van der Waals surface area contributed by atoms with Crippen molar-refractivity contribution in [1.82, 2.24) is 9.55 Å². The minimum absolute atomic E-state index is 0.628. The van der Waals surface area contributed by atoms with Gasteiger partial charge in [0.2, 0.25) is 0 Å². The van der Waals surface area contributed by atoms with Gasteiger partial charge in [0.05, 0.1) is 11.0 Å². The summed E-state index contributed by atoms with van der Waals surface area (Å²) in [4.78, 5) is 14.9. The lowest BCUT2D eigenvalue weighted by molar-refractivity contribution is -0.131. The lowest BCUT2D eigenvalue weighted by Gasteiger charge is -2.01. The molecule has 0 spiro atoms. The van der Waals surface area contributed by atoms with Crippen molar-refractivity contribution in [1.29, 1.82) is 0 Å². The number of imidazole rings is 1. The number of aryl methyl sites for hydroxylation is 2. The maximum atomic E-state index is 10.5. The Bertz CT molecular complexity index is 629. The number of aliphatic carboxylic acids is 1. The van der Waals surface area contributed by atoms with Crippen LogP contribution in [-0.4, -0.2) is 20.6 Å². The van der Waals surface area contributed by atoms with Crippen molar-refractivity contribution in [3.8, 4) is 0 Å². The first-order valence-corrected chi connectivity index (χ1v) is 5.82. The fraction of sp³-hybridized carbons (Fsp3) is 0.167. The highest BCUT2D eigenvalue weighted by Crippen LogP contribution is 2.24. The lowest BCUT2D eigenvalue weighted by Crippen LogP contribution is -1.94. The summed E-state index contributed by atoms with van der Waals surface area (Å²) in [6, 6.07) is 3.93. The van der Waals surface area contributed by atoms with Gasteiger partial charge in [-0.25, -0.2) is 9.78 Å². The van der Waals surface area contributed by atoms with Crippen molar-refractivity contribution in [3.63, 3.8) is 0 Å². The monoisotopic (exact) mass is 294 g/mol. The van der Waals surface area contributed by atoms with Gasteiger partial charge in [-0.1, -0.05) is 15.9 Å². The molecule has 17 heavy (non-hydrogen) atoms. The van der Waals surface area contributed by atoms with Gasteiger partial charge in [0.1, 0.15) is 5.82 Å². The van der Waals surface area contributed by atoms with E-state index in [9.17, 15) is 4.79 Å². The largest absolute Gasteiger partial charge is 0.478 e. The van der Waals surface area contributed by atoms with Crippen LogP contribution in [0.3, 0.4) is 0 Å². The zero-order chi connectivity index (χ0) is 12.6. The molecule has 0 aliphatic heterocycles. The van der Waals surface area contributed by atoms with Crippen molar-refractivity contribution < 1.29 is 9.90 Å². The van der Waals surface area contributed by atoms with Crippen LogP contribution in [0.1, 0.15) is 11.4 Å². The molecule has 4 nitrogen and oxygen atoms in total. The average Bonchev–Trinajstić information content (AvgIpc) is 2.52. The molecule has 2 rings (SSSR count). The Morgan fingerprint density at radius 3 is 2.88 bits per heavy atom. The number of carboxylic acid groups (broad SMARTS) is 1. The Hall–Kier alpha value is -1.62. The topological polar surface area (TPSA) is 55.1 Å². The van der Waals surface area contributed by atoms with Gasteiger partial charge in [0.25, 0.3) is 0 Å². The fourth-order valence-corrected chi connectivity index (χ4v) is 2.41. The van der Waals surface area contributed by atoms with Crippen LogP contribution in [0.5, 0.6) is 0 Å². The Labute approximate surface area is 107 Å². The van der Waals surface area contributed by atoms with Crippen LogP contribution in [0, 0.1) is 6.92 Å². The van der Waals surface area contributed by atoms with Crippen molar-refractivity contribution in [2.75, 3.05) is 0 Å². The first-order chi connectivity index (χ1) is 7.99. The zero-order valence-electron chi connectivity index (χ0n) is 9.44. The van der Waals surface area contributed by atoms with E-state index in [2.05, 4.69) is 20.9 Å². The number of rotatable bonds is 2. The predicted molar refractivity (Wildman–Crippen MR) is 69.8 cm³/mol. The molecule has 0 aliphatic rings. The molecule has 0 saturated heterocycles. The first-order valence-electron chi connectivity index (χ1n) is 5.02. The number of hydrogen-bond donors (Lipinski definition) is 1. The van der Waals surface area contributed by atoms with Crippen LogP contribution < -0.4 is 0 Å². The van der Waals surface area contributed by atoms with E-state index in [0.29, 0.717) is 5.82 Å². The molecular weight excluding hydrogens is 284 g/mol. The second-order valence-electron chi connectivity index (χ2n) is 3.79. The Morgan fingerprint density at radius 2 is 2.24 bits per heavy atom. The van der Waals surface area contributed by atoms with Crippen molar-refractivity contribution >= 4 is 39.0 Å². The van der Waals surface area contributed by atoms with Crippen LogP contribution in [0.25, 0.3) is 17.1 Å². The Kier molecular flexibility index (Phi) is 3.02. The highest BCUT2D eigenvalue weighted by molar-refractivity contribution is 9.10. The molecule has 0 saturated carbocycles. The smallest absolute Gasteiger partial charge is 0.328 e. The van der Waals surface area contributed by atoms with E-state index in [0.717, 1.165) is 27.1 Å². The summed E-state index contributed by atoms with van der Waals surface area (Å²) in [5, 5.41) is 8.61. The number of fused-ring (bicyclic) bond motifs is 1. The van der Waals surface area contributed by atoms with Gasteiger partial charge in [-0.2, -0.15) is 0 Å². The van der Waals surface area contributed by atoms with Crippen molar-refractivity contribution in [2.24, 2.45) is 7.05 Å². The maximum absolute atomic E-state index is 10.5. The molecule has 0 radical (unpaired) electrons. The van der Waals surface area contributed by atoms with Gasteiger partial charge < -0.3 is 9.67 Å². The second-order valence-corrected chi connectivity index (χ2v) is 4.71. The first kappa shape index (κ1) is 11.9. The number of halogens is 1. The molecule has 0 atom stereocenters. The minimum atomic E-state index is -0.977. The van der Waals surface area contributed by atoms with Crippen molar-refractivity contribution in [2.45, 2.75) is 6.92 Å². The third-order valence-electron chi connectivity index (χ3n) is 2.53. The van der Waals surface area contributed by atoms with Gasteiger partial charge in [-0.05, 0) is 30.7 Å². The third-order valence-corrected chi connectivity index (χ3v) is 2.99. The summed E-state index contributed by atoms with van der Waals surface area (Å²) in [6.07, 6.45) is 2.58. The molecule has 1 N–H and O–H groups in total. The molecule has 5 heteroatoms. The van der Waals surface area contributed by atoms with E-state index in [1.807, 2.05) is 30.7 Å². The van der Waals surface area contributed by atoms with Gasteiger partial charge in [-0.3, -0.25) is 0 Å². The van der Waals surface area contributed by atoms with E-state index in [1.165, 1.54) is 6.08 Å². The quantitative estimate of drug-likeness (QED) is 0.867. The normalized spacial score (nSPS) is 11.5. The molecule has 1 aromatic heterocycles. The summed E-state index contributed by atoms with van der Waals surface area (Å²) < 4.78 is 2.85. The average molecular weight is 295 g/mol. The van der Waals surface area contributed by atoms with Crippen LogP contribution in [-0.2, 0) is 11.8 Å². The van der Waals surface area contributed by atoms with Gasteiger partial charge >= 0.3 is 5.97 Å². The summed E-state index contributed by atoms with van der Waals surface area (Å²) in [7, 11) is 1.87. The molecular formula is C12H11BrN2O2. The van der Waals surface area contributed by atoms with Crippen LogP contribution in [0.15, 0.2) is 22.7 Å². The number of hydrogen-bond acceptors (Lipinski definition) is 2. The number of nitrogens with zero attached hydrogens (tertiary/aromatic N) is 2. The maximum Gasteiger partial charge on any atom is 0.328 e. The van der Waals surface area contributed by atoms with E-state index in [-0.39, 0.29) is 0 Å². The fourth-order valence-electron chi connectivity index (χ4n) is 1.85. The zero-order valence-corrected chi connectivity index (χ0v) is 11.0. The molecule has 88 valence electrons. The molecule has 0 aliphatic carbocycles. The van der Waals surface area contributed by atoms with Gasteiger partial charge in [-0.15, -0.1) is 0 Å². The van der Waals surface area contributed by atoms with Gasteiger partial charge in [0.15, 0.2) is 0 Å². The number of carbonyl (C=O) groups is 1. The minimum Gasteiger partial charge on any atom is -0.478 e. The highest BCUT2D eigenvalue weighted by atomic mass is 79.9. The van der Waals surface area contributed by atoms with E-state index >= 15 is 0 Å². The second kappa shape index (κ2) is 4.33. The van der Waals surface area contributed by atoms with E-state index < -0.39 is 5.97 Å². The van der Waals surface area contributed by atoms with E-state index in [1.54, 1.807) is 0 Å². The number of carboxylic acids is 1. The van der Waals surface area contributed by atoms with Crippen molar-refractivity contribution in [3.05, 3.63) is 34.1 Å². The van der Waals surface area contributed by atoms with Crippen LogP contribution in [0.2, 0.25) is 0 Å². The summed E-state index contributed by atoms with van der Waals surface area (Å²) in [6.45, 7) is 2.00. The SMILES string of the molecule is Cc1cc(Br)cc2nc(/C=C/C(=O)O)n(C)c12. The van der Waals surface area contributed by atoms with E-state index in [4.69, 9.17) is 5.11 Å².